The van der Waals surface area contributed by atoms with Crippen molar-refractivity contribution in [3.63, 3.8) is 0 Å². The highest BCUT2D eigenvalue weighted by atomic mass is 15.2. The topological polar surface area (TPSA) is 6.48 Å². The van der Waals surface area contributed by atoms with Crippen LogP contribution in [0.15, 0.2) is 35.6 Å². The Morgan fingerprint density at radius 1 is 0.913 bits per heavy atom. The largest absolute Gasteiger partial charge is 0.367 e. The van der Waals surface area contributed by atoms with E-state index in [2.05, 4.69) is 83.9 Å². The fourth-order valence-corrected chi connectivity index (χ4v) is 2.87. The lowest BCUT2D eigenvalue weighted by Crippen LogP contribution is -2.40. The van der Waals surface area contributed by atoms with Crippen LogP contribution in [0.2, 0.25) is 0 Å². The second kappa shape index (κ2) is 7.70. The molecular formula is C21H38N2. The van der Waals surface area contributed by atoms with Crippen molar-refractivity contribution in [1.82, 2.24) is 9.80 Å². The molecule has 0 N–H and O–H groups in total. The van der Waals surface area contributed by atoms with E-state index in [-0.39, 0.29) is 0 Å². The fourth-order valence-electron chi connectivity index (χ4n) is 2.87. The summed E-state index contributed by atoms with van der Waals surface area (Å²) in [5.74, 6) is 0. The zero-order chi connectivity index (χ0) is 17.8. The summed E-state index contributed by atoms with van der Waals surface area (Å²) in [5, 5.41) is 0. The molecule has 0 amide bonds. The summed E-state index contributed by atoms with van der Waals surface area (Å²) < 4.78 is 0. The van der Waals surface area contributed by atoms with Crippen molar-refractivity contribution < 1.29 is 0 Å². The summed E-state index contributed by atoms with van der Waals surface area (Å²) in [6.45, 7) is 27.5. The van der Waals surface area contributed by atoms with Crippen LogP contribution in [-0.2, 0) is 0 Å². The number of rotatable bonds is 2. The van der Waals surface area contributed by atoms with Gasteiger partial charge in [-0.25, -0.2) is 0 Å². The van der Waals surface area contributed by atoms with E-state index in [1.807, 2.05) is 0 Å². The summed E-state index contributed by atoms with van der Waals surface area (Å²) in [7, 11) is 0. The van der Waals surface area contributed by atoms with Crippen LogP contribution in [0.5, 0.6) is 0 Å². The van der Waals surface area contributed by atoms with E-state index in [1.165, 1.54) is 25.3 Å². The van der Waals surface area contributed by atoms with Crippen LogP contribution in [0.1, 0.15) is 55.4 Å². The molecule has 2 fully saturated rings. The van der Waals surface area contributed by atoms with Gasteiger partial charge >= 0.3 is 0 Å². The molecular weight excluding hydrogens is 280 g/mol. The highest BCUT2D eigenvalue weighted by Gasteiger charge is 2.21. The molecule has 0 radical (unpaired) electrons. The minimum absolute atomic E-state index is 0.330. The Bertz CT molecular complexity index is 453. The zero-order valence-electron chi connectivity index (χ0n) is 16.8. The van der Waals surface area contributed by atoms with Gasteiger partial charge in [0, 0.05) is 31.9 Å². The molecule has 2 rings (SSSR count). The molecule has 0 saturated carbocycles. The van der Waals surface area contributed by atoms with Crippen LogP contribution in [0.25, 0.3) is 0 Å². The molecule has 0 spiro atoms. The summed E-state index contributed by atoms with van der Waals surface area (Å²) in [5.41, 5.74) is 5.04. The van der Waals surface area contributed by atoms with Crippen molar-refractivity contribution in [1.29, 1.82) is 0 Å². The van der Waals surface area contributed by atoms with Gasteiger partial charge in [-0.2, -0.15) is 0 Å². The van der Waals surface area contributed by atoms with Crippen LogP contribution in [-0.4, -0.2) is 42.5 Å². The number of likely N-dealkylation sites (N-methyl/N-ethyl adjacent to an activating group) is 1. The van der Waals surface area contributed by atoms with Crippen LogP contribution in [0.3, 0.4) is 0 Å². The first kappa shape index (κ1) is 20.0. The number of nitrogens with zero attached hydrogens (tertiary/aromatic N) is 2. The number of likely N-dealkylation sites (tertiary alicyclic amines) is 2. The Labute approximate surface area is 144 Å². The van der Waals surface area contributed by atoms with Gasteiger partial charge in [0.15, 0.2) is 0 Å². The molecule has 0 atom stereocenters. The van der Waals surface area contributed by atoms with E-state index in [0.29, 0.717) is 10.8 Å². The molecule has 2 saturated heterocycles. The predicted octanol–water partition coefficient (Wildman–Crippen LogP) is 5.10. The summed E-state index contributed by atoms with van der Waals surface area (Å²) in [6.07, 6.45) is 4.77. The Morgan fingerprint density at radius 2 is 1.30 bits per heavy atom. The van der Waals surface area contributed by atoms with Gasteiger partial charge in [-0.15, -0.1) is 0 Å². The number of allylic oxidation sites excluding steroid dienone is 3. The molecule has 0 aromatic rings. The average molecular weight is 319 g/mol. The zero-order valence-corrected chi connectivity index (χ0v) is 16.8. The third-order valence-corrected chi connectivity index (χ3v) is 3.90. The molecule has 0 bridgehead atoms. The Hall–Kier alpha value is -1.02. The molecule has 0 aliphatic carbocycles. The minimum Gasteiger partial charge on any atom is -0.367 e. The Morgan fingerprint density at radius 3 is 1.61 bits per heavy atom. The molecule has 0 aromatic carbocycles. The van der Waals surface area contributed by atoms with E-state index in [4.69, 9.17) is 0 Å². The maximum atomic E-state index is 3.91. The summed E-state index contributed by atoms with van der Waals surface area (Å²) in [6, 6.07) is 0. The van der Waals surface area contributed by atoms with E-state index in [1.54, 1.807) is 11.1 Å². The smallest absolute Gasteiger partial charge is 0.0406 e. The third kappa shape index (κ3) is 7.87. The Kier molecular flexibility index (Phi) is 6.70. The van der Waals surface area contributed by atoms with E-state index in [9.17, 15) is 0 Å². The molecule has 2 heterocycles. The van der Waals surface area contributed by atoms with E-state index >= 15 is 0 Å². The molecule has 0 unspecified atom stereocenters. The second-order valence-corrected chi connectivity index (χ2v) is 9.23. The van der Waals surface area contributed by atoms with Gasteiger partial charge < -0.3 is 4.90 Å². The molecule has 2 heteroatoms. The van der Waals surface area contributed by atoms with Crippen molar-refractivity contribution in [3.05, 3.63) is 35.6 Å². The molecule has 2 aliphatic heterocycles. The first-order valence-electron chi connectivity index (χ1n) is 8.93. The van der Waals surface area contributed by atoms with Crippen LogP contribution in [0, 0.1) is 10.8 Å². The minimum atomic E-state index is 0.330. The van der Waals surface area contributed by atoms with Gasteiger partial charge in [-0.05, 0) is 35.4 Å². The SMILES string of the molecule is C=C(C)N1CC(=CC(C)(C)C)C1.CCN1CC(=CC(C)(C)C)C1. The number of hydrogen-bond donors (Lipinski definition) is 0. The lowest BCUT2D eigenvalue weighted by atomic mass is 9.91. The van der Waals surface area contributed by atoms with Gasteiger partial charge in [-0.3, -0.25) is 4.90 Å². The van der Waals surface area contributed by atoms with Gasteiger partial charge in [0.2, 0.25) is 0 Å². The maximum Gasteiger partial charge on any atom is 0.0406 e. The molecule has 23 heavy (non-hydrogen) atoms. The van der Waals surface area contributed by atoms with Gasteiger partial charge in [-0.1, -0.05) is 67.2 Å². The first-order valence-corrected chi connectivity index (χ1v) is 8.93. The summed E-state index contributed by atoms with van der Waals surface area (Å²) >= 11 is 0. The van der Waals surface area contributed by atoms with Gasteiger partial charge in [0.05, 0.1) is 0 Å². The first-order chi connectivity index (χ1) is 10.4. The fraction of sp³-hybridized carbons (Fsp3) is 0.714. The van der Waals surface area contributed by atoms with Gasteiger partial charge in [0.1, 0.15) is 0 Å². The maximum absolute atomic E-state index is 3.91. The highest BCUT2D eigenvalue weighted by molar-refractivity contribution is 5.21. The van der Waals surface area contributed by atoms with Crippen LogP contribution < -0.4 is 0 Å². The second-order valence-electron chi connectivity index (χ2n) is 9.23. The quantitative estimate of drug-likeness (QED) is 0.653. The lowest BCUT2D eigenvalue weighted by Gasteiger charge is -2.37. The van der Waals surface area contributed by atoms with Crippen molar-refractivity contribution in [3.8, 4) is 0 Å². The normalized spacial score (nSPS) is 18.5. The Balaban J connectivity index is 0.000000231. The molecule has 2 nitrogen and oxygen atoms in total. The predicted molar refractivity (Wildman–Crippen MR) is 104 cm³/mol. The monoisotopic (exact) mass is 318 g/mol. The van der Waals surface area contributed by atoms with E-state index < -0.39 is 0 Å². The van der Waals surface area contributed by atoms with Crippen molar-refractivity contribution in [2.75, 3.05) is 32.7 Å². The van der Waals surface area contributed by atoms with Crippen molar-refractivity contribution in [2.24, 2.45) is 10.8 Å². The third-order valence-electron chi connectivity index (χ3n) is 3.90. The molecule has 2 aliphatic rings. The highest BCUT2D eigenvalue weighted by Crippen LogP contribution is 2.25. The average Bonchev–Trinajstić information content (AvgIpc) is 2.25. The van der Waals surface area contributed by atoms with E-state index in [0.717, 1.165) is 13.1 Å². The molecule has 132 valence electrons. The molecule has 0 aromatic heterocycles. The van der Waals surface area contributed by atoms with Gasteiger partial charge in [0.25, 0.3) is 0 Å². The van der Waals surface area contributed by atoms with Crippen molar-refractivity contribution in [2.45, 2.75) is 55.4 Å². The summed E-state index contributed by atoms with van der Waals surface area (Å²) in [4.78, 5) is 4.73. The van der Waals surface area contributed by atoms with Crippen LogP contribution in [0.4, 0.5) is 0 Å². The number of hydrogen-bond acceptors (Lipinski definition) is 2. The lowest BCUT2D eigenvalue weighted by molar-refractivity contribution is 0.260. The standard InChI is InChI=1S/C11H19N.C10H19N/c1-9(2)12-7-10(8-12)6-11(3,4)5;1-5-11-7-9(8-11)6-10(2,3)4/h6H,1,7-8H2,2-5H3;6H,5,7-8H2,1-4H3. The van der Waals surface area contributed by atoms with Crippen molar-refractivity contribution >= 4 is 0 Å². The van der Waals surface area contributed by atoms with Crippen LogP contribution >= 0.6 is 0 Å².